The standard InChI is InChI=1S/C17H21N3O2/c21-17(22-14-13-19-11-7-18-8-12-19)15-3-5-16(6-4-15)20-9-1-2-10-20/h1-6,9-10,18H,7-8,11-14H2. The molecule has 116 valence electrons. The van der Waals surface area contributed by atoms with Gasteiger partial charge in [0.25, 0.3) is 0 Å². The molecule has 0 spiro atoms. The highest BCUT2D eigenvalue weighted by Crippen LogP contribution is 2.11. The van der Waals surface area contributed by atoms with Crippen molar-refractivity contribution in [1.82, 2.24) is 14.8 Å². The molecule has 0 radical (unpaired) electrons. The Bertz CT molecular complexity index is 587. The summed E-state index contributed by atoms with van der Waals surface area (Å²) in [5.41, 5.74) is 1.62. The first-order valence-electron chi connectivity index (χ1n) is 7.66. The largest absolute Gasteiger partial charge is 0.461 e. The van der Waals surface area contributed by atoms with Gasteiger partial charge in [-0.05, 0) is 36.4 Å². The third kappa shape index (κ3) is 3.75. The Kier molecular flexibility index (Phi) is 4.88. The fourth-order valence-electron chi connectivity index (χ4n) is 2.56. The minimum atomic E-state index is -0.255. The number of rotatable bonds is 5. The lowest BCUT2D eigenvalue weighted by molar-refractivity contribution is 0.0456. The number of hydrogen-bond donors (Lipinski definition) is 1. The van der Waals surface area contributed by atoms with Crippen molar-refractivity contribution in [3.8, 4) is 5.69 Å². The van der Waals surface area contributed by atoms with Crippen molar-refractivity contribution < 1.29 is 9.53 Å². The number of nitrogens with zero attached hydrogens (tertiary/aromatic N) is 2. The second-order valence-electron chi connectivity index (χ2n) is 5.36. The molecule has 1 saturated heterocycles. The number of aromatic nitrogens is 1. The lowest BCUT2D eigenvalue weighted by Crippen LogP contribution is -2.44. The first kappa shape index (κ1) is 14.8. The summed E-state index contributed by atoms with van der Waals surface area (Å²) in [6, 6.07) is 11.4. The maximum atomic E-state index is 12.0. The second kappa shape index (κ2) is 7.24. The van der Waals surface area contributed by atoms with Crippen LogP contribution >= 0.6 is 0 Å². The quantitative estimate of drug-likeness (QED) is 0.851. The number of esters is 1. The van der Waals surface area contributed by atoms with Crippen LogP contribution in [0.3, 0.4) is 0 Å². The number of hydrogen-bond acceptors (Lipinski definition) is 4. The van der Waals surface area contributed by atoms with Crippen molar-refractivity contribution in [2.24, 2.45) is 0 Å². The summed E-state index contributed by atoms with van der Waals surface area (Å²) in [6.45, 7) is 5.29. The Morgan fingerprint density at radius 1 is 1.09 bits per heavy atom. The molecule has 1 aromatic carbocycles. The smallest absolute Gasteiger partial charge is 0.338 e. The minimum Gasteiger partial charge on any atom is -0.461 e. The predicted molar refractivity (Wildman–Crippen MR) is 85.4 cm³/mol. The number of carbonyl (C=O) groups excluding carboxylic acids is 1. The number of carbonyl (C=O) groups is 1. The van der Waals surface area contributed by atoms with E-state index in [1.54, 1.807) is 0 Å². The molecule has 1 N–H and O–H groups in total. The van der Waals surface area contributed by atoms with Crippen LogP contribution in [0.15, 0.2) is 48.8 Å². The average molecular weight is 299 g/mol. The number of piperazine rings is 1. The molecule has 0 aliphatic carbocycles. The fraction of sp³-hybridized carbons (Fsp3) is 0.353. The Hall–Kier alpha value is -2.11. The molecule has 5 nitrogen and oxygen atoms in total. The van der Waals surface area contributed by atoms with Crippen molar-refractivity contribution in [2.75, 3.05) is 39.3 Å². The average Bonchev–Trinajstić information content (AvgIpc) is 3.10. The van der Waals surface area contributed by atoms with Gasteiger partial charge in [-0.3, -0.25) is 4.90 Å². The molecule has 0 bridgehead atoms. The molecule has 22 heavy (non-hydrogen) atoms. The van der Waals surface area contributed by atoms with Crippen molar-refractivity contribution in [3.63, 3.8) is 0 Å². The minimum absolute atomic E-state index is 0.255. The molecule has 0 saturated carbocycles. The van der Waals surface area contributed by atoms with Crippen LogP contribution in [-0.4, -0.2) is 54.8 Å². The number of benzene rings is 1. The Balaban J connectivity index is 1.49. The molecular formula is C17H21N3O2. The summed E-state index contributed by atoms with van der Waals surface area (Å²) >= 11 is 0. The molecule has 0 atom stereocenters. The molecule has 0 unspecified atom stereocenters. The van der Waals surface area contributed by atoms with Crippen LogP contribution in [0.2, 0.25) is 0 Å². The van der Waals surface area contributed by atoms with E-state index in [2.05, 4.69) is 10.2 Å². The van der Waals surface area contributed by atoms with E-state index in [1.165, 1.54) is 0 Å². The van der Waals surface area contributed by atoms with E-state index < -0.39 is 0 Å². The molecule has 3 rings (SSSR count). The molecule has 0 amide bonds. The highest BCUT2D eigenvalue weighted by atomic mass is 16.5. The lowest BCUT2D eigenvalue weighted by Gasteiger charge is -2.26. The summed E-state index contributed by atoms with van der Waals surface area (Å²) < 4.78 is 7.35. The van der Waals surface area contributed by atoms with Gasteiger partial charge in [0.05, 0.1) is 5.56 Å². The van der Waals surface area contributed by atoms with E-state index >= 15 is 0 Å². The van der Waals surface area contributed by atoms with Gasteiger partial charge in [-0.25, -0.2) is 4.79 Å². The summed E-state index contributed by atoms with van der Waals surface area (Å²) in [4.78, 5) is 14.3. The molecule has 1 fully saturated rings. The Morgan fingerprint density at radius 2 is 1.77 bits per heavy atom. The maximum Gasteiger partial charge on any atom is 0.338 e. The normalized spacial score (nSPS) is 15.6. The second-order valence-corrected chi connectivity index (χ2v) is 5.36. The van der Waals surface area contributed by atoms with E-state index in [0.717, 1.165) is 38.4 Å². The van der Waals surface area contributed by atoms with Crippen LogP contribution in [0.5, 0.6) is 0 Å². The van der Waals surface area contributed by atoms with Crippen molar-refractivity contribution in [2.45, 2.75) is 0 Å². The number of nitrogens with one attached hydrogen (secondary N) is 1. The number of ether oxygens (including phenoxy) is 1. The van der Waals surface area contributed by atoms with Crippen molar-refractivity contribution >= 4 is 5.97 Å². The highest BCUT2D eigenvalue weighted by molar-refractivity contribution is 5.89. The van der Waals surface area contributed by atoms with Gasteiger partial charge >= 0.3 is 5.97 Å². The summed E-state index contributed by atoms with van der Waals surface area (Å²) in [6.07, 6.45) is 3.95. The maximum absolute atomic E-state index is 12.0. The van der Waals surface area contributed by atoms with E-state index in [-0.39, 0.29) is 5.97 Å². The Morgan fingerprint density at radius 3 is 2.45 bits per heavy atom. The van der Waals surface area contributed by atoms with Gasteiger partial charge in [0, 0.05) is 50.8 Å². The topological polar surface area (TPSA) is 46.5 Å². The summed E-state index contributed by atoms with van der Waals surface area (Å²) in [5.74, 6) is -0.255. The van der Waals surface area contributed by atoms with Gasteiger partial charge in [-0.1, -0.05) is 0 Å². The van der Waals surface area contributed by atoms with Gasteiger partial charge < -0.3 is 14.6 Å². The highest BCUT2D eigenvalue weighted by Gasteiger charge is 2.11. The van der Waals surface area contributed by atoms with Crippen LogP contribution in [0, 0.1) is 0 Å². The van der Waals surface area contributed by atoms with Crippen LogP contribution in [0.1, 0.15) is 10.4 Å². The third-order valence-electron chi connectivity index (χ3n) is 3.86. The lowest BCUT2D eigenvalue weighted by atomic mass is 10.2. The van der Waals surface area contributed by atoms with E-state index in [0.29, 0.717) is 12.2 Å². The molecule has 1 aliphatic rings. The molecular weight excluding hydrogens is 278 g/mol. The summed E-state index contributed by atoms with van der Waals surface area (Å²) in [5, 5.41) is 3.31. The van der Waals surface area contributed by atoms with E-state index in [4.69, 9.17) is 4.74 Å². The monoisotopic (exact) mass is 299 g/mol. The molecule has 1 aromatic heterocycles. The van der Waals surface area contributed by atoms with E-state index in [9.17, 15) is 4.79 Å². The third-order valence-corrected chi connectivity index (χ3v) is 3.86. The SMILES string of the molecule is O=C(OCCN1CCNCC1)c1ccc(-n2cccc2)cc1. The molecule has 2 aromatic rings. The zero-order valence-electron chi connectivity index (χ0n) is 12.6. The Labute approximate surface area is 130 Å². The zero-order chi connectivity index (χ0) is 15.2. The molecule has 2 heterocycles. The van der Waals surface area contributed by atoms with Crippen LogP contribution in [0.25, 0.3) is 5.69 Å². The van der Waals surface area contributed by atoms with Crippen LogP contribution < -0.4 is 5.32 Å². The van der Waals surface area contributed by atoms with Crippen molar-refractivity contribution in [3.05, 3.63) is 54.4 Å². The van der Waals surface area contributed by atoms with Gasteiger partial charge in [-0.15, -0.1) is 0 Å². The molecule has 1 aliphatic heterocycles. The fourth-order valence-corrected chi connectivity index (χ4v) is 2.56. The molecule has 5 heteroatoms. The van der Waals surface area contributed by atoms with Crippen LogP contribution in [-0.2, 0) is 4.74 Å². The van der Waals surface area contributed by atoms with Gasteiger partial charge in [-0.2, -0.15) is 0 Å². The first-order valence-corrected chi connectivity index (χ1v) is 7.66. The van der Waals surface area contributed by atoms with Crippen molar-refractivity contribution in [1.29, 1.82) is 0 Å². The van der Waals surface area contributed by atoms with Crippen LogP contribution in [0.4, 0.5) is 0 Å². The predicted octanol–water partition coefficient (Wildman–Crippen LogP) is 1.54. The first-order chi connectivity index (χ1) is 10.8. The van der Waals surface area contributed by atoms with Gasteiger partial charge in [0.15, 0.2) is 0 Å². The zero-order valence-corrected chi connectivity index (χ0v) is 12.6. The van der Waals surface area contributed by atoms with E-state index in [1.807, 2.05) is 53.4 Å². The van der Waals surface area contributed by atoms with Gasteiger partial charge in [0.2, 0.25) is 0 Å². The van der Waals surface area contributed by atoms with Gasteiger partial charge in [0.1, 0.15) is 6.61 Å². The summed E-state index contributed by atoms with van der Waals surface area (Å²) in [7, 11) is 0.